The van der Waals surface area contributed by atoms with Crippen LogP contribution in [0.25, 0.3) is 0 Å². The Bertz CT molecular complexity index is 1330. The molecule has 0 aromatic carbocycles. The van der Waals surface area contributed by atoms with Crippen LogP contribution in [0.5, 0.6) is 0 Å². The van der Waals surface area contributed by atoms with Crippen LogP contribution < -0.4 is 21.3 Å². The number of hydrogen-bond donors (Lipinski definition) is 4. The summed E-state index contributed by atoms with van der Waals surface area (Å²) in [6, 6.07) is -3.61. The highest BCUT2D eigenvalue weighted by atomic mass is 32.2. The lowest BCUT2D eigenvalue weighted by atomic mass is 9.78. The topological polar surface area (TPSA) is 171 Å². The average molecular weight is 694 g/mol. The molecule has 0 spiro atoms. The van der Waals surface area contributed by atoms with Crippen molar-refractivity contribution in [2.75, 3.05) is 18.8 Å². The van der Waals surface area contributed by atoms with E-state index in [1.54, 1.807) is 0 Å². The van der Waals surface area contributed by atoms with Crippen LogP contribution in [0.15, 0.2) is 12.7 Å². The number of ketones is 1. The second kappa shape index (κ2) is 15.7. The molecule has 2 aliphatic heterocycles. The van der Waals surface area contributed by atoms with Crippen molar-refractivity contribution in [2.45, 2.75) is 142 Å². The summed E-state index contributed by atoms with van der Waals surface area (Å²) in [6.07, 6.45) is 7.37. The number of urea groups is 1. The number of hydrogen-bond acceptors (Lipinski definition) is 7. The Hall–Kier alpha value is -2.96. The summed E-state index contributed by atoms with van der Waals surface area (Å²) in [5.74, 6) is -2.47. The molecule has 2 saturated heterocycles. The molecular formula is C35H59N5O7S. The minimum absolute atomic E-state index is 0.0547. The van der Waals surface area contributed by atoms with Crippen LogP contribution >= 0.6 is 0 Å². The second-order valence-corrected chi connectivity index (χ2v) is 18.4. The van der Waals surface area contributed by atoms with Crippen LogP contribution in [0.1, 0.15) is 113 Å². The molecule has 0 radical (unpaired) electrons. The summed E-state index contributed by atoms with van der Waals surface area (Å²) >= 11 is 0. The maximum Gasteiger partial charge on any atom is 0.315 e. The normalized spacial score (nSPS) is 25.0. The molecule has 12 nitrogen and oxygen atoms in total. The van der Waals surface area contributed by atoms with Gasteiger partial charge in [-0.2, -0.15) is 0 Å². The maximum absolute atomic E-state index is 14.5. The summed E-state index contributed by atoms with van der Waals surface area (Å²) in [7, 11) is -3.36. The molecule has 0 aromatic rings. The molecule has 272 valence electrons. The smallest absolute Gasteiger partial charge is 0.315 e. The SMILES string of the molecule is C=CCNC(=O)C(=O)C(CCC)NC(=O)C1CC(C(C)(C)C)CN1C(=O)[C@@H](NC(=O)NC1(C2CCCS2(=O)=O)CCCCC1)C(C)(C)C. The largest absolute Gasteiger partial charge is 0.346 e. The van der Waals surface area contributed by atoms with Gasteiger partial charge in [0.15, 0.2) is 9.84 Å². The summed E-state index contributed by atoms with van der Waals surface area (Å²) in [4.78, 5) is 69.1. The van der Waals surface area contributed by atoms with E-state index in [-0.39, 0.29) is 36.6 Å². The quantitative estimate of drug-likeness (QED) is 0.179. The van der Waals surface area contributed by atoms with E-state index in [0.29, 0.717) is 38.5 Å². The first kappa shape index (κ1) is 39.5. The van der Waals surface area contributed by atoms with E-state index in [0.717, 1.165) is 19.3 Å². The third kappa shape index (κ3) is 9.38. The molecule has 3 aliphatic rings. The van der Waals surface area contributed by atoms with Gasteiger partial charge in [0.1, 0.15) is 12.1 Å². The van der Waals surface area contributed by atoms with Crippen molar-refractivity contribution in [1.82, 2.24) is 26.2 Å². The Morgan fingerprint density at radius 1 is 0.979 bits per heavy atom. The molecule has 4 N–H and O–H groups in total. The molecule has 4 unspecified atom stereocenters. The van der Waals surface area contributed by atoms with Crippen LogP contribution in [0.2, 0.25) is 0 Å². The highest BCUT2D eigenvalue weighted by molar-refractivity contribution is 7.92. The number of carbonyl (C=O) groups excluding carboxylic acids is 5. The van der Waals surface area contributed by atoms with Gasteiger partial charge in [0, 0.05) is 13.1 Å². The zero-order valence-electron chi connectivity index (χ0n) is 30.1. The number of likely N-dealkylation sites (tertiary alicyclic amines) is 1. The molecule has 5 amide bonds. The van der Waals surface area contributed by atoms with E-state index in [2.05, 4.69) is 27.8 Å². The number of nitrogens with zero attached hydrogens (tertiary/aromatic N) is 1. The van der Waals surface area contributed by atoms with Crippen LogP contribution in [0.4, 0.5) is 4.79 Å². The van der Waals surface area contributed by atoms with Crippen molar-refractivity contribution in [1.29, 1.82) is 0 Å². The molecule has 13 heteroatoms. The van der Waals surface area contributed by atoms with E-state index < -0.39 is 73.7 Å². The van der Waals surface area contributed by atoms with Crippen molar-refractivity contribution in [3.8, 4) is 0 Å². The third-order valence-corrected chi connectivity index (χ3v) is 12.8. The maximum atomic E-state index is 14.5. The van der Waals surface area contributed by atoms with Crippen LogP contribution in [-0.4, -0.2) is 90.6 Å². The van der Waals surface area contributed by atoms with Gasteiger partial charge in [0.2, 0.25) is 17.6 Å². The van der Waals surface area contributed by atoms with Crippen LogP contribution in [0.3, 0.4) is 0 Å². The molecule has 0 aromatic heterocycles. The average Bonchev–Trinajstić information content (AvgIpc) is 3.61. The van der Waals surface area contributed by atoms with Gasteiger partial charge in [0.25, 0.3) is 5.91 Å². The number of carbonyl (C=O) groups is 5. The monoisotopic (exact) mass is 693 g/mol. The van der Waals surface area contributed by atoms with Crippen molar-refractivity contribution in [3.63, 3.8) is 0 Å². The summed E-state index contributed by atoms with van der Waals surface area (Å²) in [5.41, 5.74) is -1.91. The van der Waals surface area contributed by atoms with Gasteiger partial charge < -0.3 is 26.2 Å². The number of amides is 5. The molecule has 0 bridgehead atoms. The van der Waals surface area contributed by atoms with E-state index in [4.69, 9.17) is 0 Å². The molecule has 48 heavy (non-hydrogen) atoms. The third-order valence-electron chi connectivity index (χ3n) is 10.4. The lowest BCUT2D eigenvalue weighted by molar-refractivity contribution is -0.143. The summed E-state index contributed by atoms with van der Waals surface area (Å²) < 4.78 is 26.1. The standard InChI is InChI=1S/C35H59N5O7S/c1-9-15-24(27(41)30(43)36-19-10-2)37-29(42)25-21-23(33(3,4)5)22-40(25)31(44)28(34(6,7)8)38-32(45)39-35(17-12-11-13-18-35)26-16-14-20-48(26,46)47/h10,23-26,28H,2,9,11-22H2,1,3-8H3,(H,36,43)(H,37,42)(H2,38,39,45)/t23?,24?,25?,26?,28-/m1/s1. The Labute approximate surface area is 287 Å². The molecule has 1 aliphatic carbocycles. The molecule has 2 heterocycles. The highest BCUT2D eigenvalue weighted by Crippen LogP contribution is 2.40. The highest BCUT2D eigenvalue weighted by Gasteiger charge is 2.51. The second-order valence-electron chi connectivity index (χ2n) is 16.1. The zero-order valence-corrected chi connectivity index (χ0v) is 30.9. The number of sulfone groups is 1. The van der Waals surface area contributed by atoms with Gasteiger partial charge in [0.05, 0.1) is 22.6 Å². The fourth-order valence-corrected chi connectivity index (χ4v) is 9.88. The first-order valence-electron chi connectivity index (χ1n) is 17.6. The van der Waals surface area contributed by atoms with Gasteiger partial charge in [-0.15, -0.1) is 6.58 Å². The minimum atomic E-state index is -3.36. The van der Waals surface area contributed by atoms with Crippen LogP contribution in [0, 0.1) is 16.7 Å². The van der Waals surface area contributed by atoms with Gasteiger partial charge in [-0.05, 0) is 55.3 Å². The lowest BCUT2D eigenvalue weighted by Gasteiger charge is -2.43. The van der Waals surface area contributed by atoms with E-state index in [1.807, 2.05) is 48.5 Å². The zero-order chi connectivity index (χ0) is 36.1. The Balaban J connectivity index is 1.88. The van der Waals surface area contributed by atoms with Gasteiger partial charge in [-0.25, -0.2) is 13.2 Å². The fraction of sp³-hybridized carbons (Fsp3) is 0.800. The van der Waals surface area contributed by atoms with Crippen molar-refractivity contribution in [2.24, 2.45) is 16.7 Å². The lowest BCUT2D eigenvalue weighted by Crippen LogP contribution is -2.65. The fourth-order valence-electron chi connectivity index (χ4n) is 7.52. The van der Waals surface area contributed by atoms with E-state index in [9.17, 15) is 32.4 Å². The van der Waals surface area contributed by atoms with Crippen LogP contribution in [-0.2, 0) is 29.0 Å². The Morgan fingerprint density at radius 3 is 2.15 bits per heavy atom. The predicted octanol–water partition coefficient (Wildman–Crippen LogP) is 3.40. The van der Waals surface area contributed by atoms with Crippen molar-refractivity contribution in [3.05, 3.63) is 12.7 Å². The molecule has 3 fully saturated rings. The Kier molecular flexibility index (Phi) is 12.9. The Morgan fingerprint density at radius 2 is 1.62 bits per heavy atom. The van der Waals surface area contributed by atoms with E-state index in [1.165, 1.54) is 11.0 Å². The van der Waals surface area contributed by atoms with E-state index >= 15 is 0 Å². The molecular weight excluding hydrogens is 634 g/mol. The summed E-state index contributed by atoms with van der Waals surface area (Å²) in [6.45, 7) is 17.4. The molecule has 1 saturated carbocycles. The molecule has 5 atom stereocenters. The van der Waals surface area contributed by atoms with Gasteiger partial charge in [-0.3, -0.25) is 19.2 Å². The summed E-state index contributed by atoms with van der Waals surface area (Å²) in [5, 5.41) is 10.5. The molecule has 3 rings (SSSR count). The predicted molar refractivity (Wildman–Crippen MR) is 186 cm³/mol. The minimum Gasteiger partial charge on any atom is -0.346 e. The number of Topliss-reactive ketones (excluding diaryl/α,β-unsaturated/α-hetero) is 1. The number of rotatable bonds is 12. The van der Waals surface area contributed by atoms with Crippen molar-refractivity contribution >= 4 is 39.4 Å². The first-order chi connectivity index (χ1) is 22.3. The van der Waals surface area contributed by atoms with Crippen molar-refractivity contribution < 1.29 is 32.4 Å². The van der Waals surface area contributed by atoms with Gasteiger partial charge >= 0.3 is 6.03 Å². The first-order valence-corrected chi connectivity index (χ1v) is 19.3. The van der Waals surface area contributed by atoms with Gasteiger partial charge in [-0.1, -0.05) is 80.2 Å². The number of nitrogens with one attached hydrogen (secondary N) is 4.